The molecule has 0 radical (unpaired) electrons. The number of fused-ring (bicyclic) bond motifs is 1. The summed E-state index contributed by atoms with van der Waals surface area (Å²) in [6, 6.07) is 3.16. The van der Waals surface area contributed by atoms with Gasteiger partial charge in [0.2, 0.25) is 0 Å². The van der Waals surface area contributed by atoms with Crippen LogP contribution in [0.2, 0.25) is 0 Å². The van der Waals surface area contributed by atoms with Gasteiger partial charge in [0.05, 0.1) is 36.6 Å². The van der Waals surface area contributed by atoms with Crippen molar-refractivity contribution in [3.63, 3.8) is 0 Å². The Kier molecular flexibility index (Phi) is 4.76. The van der Waals surface area contributed by atoms with Crippen LogP contribution in [0.4, 0.5) is 4.79 Å². The van der Waals surface area contributed by atoms with Gasteiger partial charge in [0, 0.05) is 0 Å². The average Bonchev–Trinajstić information content (AvgIpc) is 3.04. The third-order valence-corrected chi connectivity index (χ3v) is 4.72. The van der Waals surface area contributed by atoms with Crippen LogP contribution >= 0.6 is 0 Å². The van der Waals surface area contributed by atoms with Gasteiger partial charge in [0.1, 0.15) is 6.04 Å². The van der Waals surface area contributed by atoms with E-state index in [9.17, 15) is 14.7 Å². The van der Waals surface area contributed by atoms with Crippen molar-refractivity contribution < 1.29 is 14.7 Å². The van der Waals surface area contributed by atoms with Crippen molar-refractivity contribution in [2.45, 2.75) is 52.3 Å². The Hall–Kier alpha value is -2.41. The second kappa shape index (κ2) is 6.84. The number of amides is 3. The van der Waals surface area contributed by atoms with Gasteiger partial charge in [0.15, 0.2) is 0 Å². The second-order valence-electron chi connectivity index (χ2n) is 6.72. The zero-order valence-electron chi connectivity index (χ0n) is 14.8. The number of urea groups is 1. The number of benzene rings is 1. The Morgan fingerprint density at radius 2 is 1.96 bits per heavy atom. The van der Waals surface area contributed by atoms with Crippen LogP contribution in [-0.4, -0.2) is 50.2 Å². The molecule has 0 aliphatic carbocycles. The van der Waals surface area contributed by atoms with Crippen molar-refractivity contribution in [3.8, 4) is 0 Å². The fraction of sp³-hybridized carbons (Fsp3) is 0.500. The van der Waals surface area contributed by atoms with Crippen molar-refractivity contribution >= 4 is 23.0 Å². The Bertz CT molecular complexity index is 814. The molecule has 1 saturated heterocycles. The summed E-state index contributed by atoms with van der Waals surface area (Å²) in [4.78, 5) is 29.7. The van der Waals surface area contributed by atoms with E-state index in [4.69, 9.17) is 0 Å². The van der Waals surface area contributed by atoms with Crippen molar-refractivity contribution in [3.05, 3.63) is 29.6 Å². The summed E-state index contributed by atoms with van der Waals surface area (Å²) in [5, 5.41) is 13.1. The normalized spacial score (nSPS) is 18.9. The van der Waals surface area contributed by atoms with Gasteiger partial charge in [-0.1, -0.05) is 13.3 Å². The first-order chi connectivity index (χ1) is 11.9. The molecule has 1 aromatic carbocycles. The molecule has 0 bridgehead atoms. The molecule has 1 aliphatic rings. The molecule has 3 amide bonds. The molecule has 1 aromatic heterocycles. The largest absolute Gasteiger partial charge is 0.389 e. The Balaban J connectivity index is 1.71. The summed E-state index contributed by atoms with van der Waals surface area (Å²) in [7, 11) is 0. The molecule has 25 heavy (non-hydrogen) atoms. The monoisotopic (exact) mass is 344 g/mol. The highest BCUT2D eigenvalue weighted by Crippen LogP contribution is 2.19. The van der Waals surface area contributed by atoms with Crippen LogP contribution in [0.5, 0.6) is 0 Å². The number of nitrogens with one attached hydrogen (secondary N) is 1. The lowest BCUT2D eigenvalue weighted by molar-refractivity contribution is -0.128. The highest BCUT2D eigenvalue weighted by atomic mass is 16.3. The number of aromatic nitrogens is 2. The minimum Gasteiger partial charge on any atom is -0.389 e. The Labute approximate surface area is 146 Å². The molecule has 3 rings (SSSR count). The highest BCUT2D eigenvalue weighted by molar-refractivity contribution is 6.04. The number of rotatable bonds is 6. The first-order valence-electron chi connectivity index (χ1n) is 8.62. The van der Waals surface area contributed by atoms with E-state index in [0.717, 1.165) is 27.9 Å². The molecule has 2 N–H and O–H groups in total. The predicted octanol–water partition coefficient (Wildman–Crippen LogP) is 1.73. The second-order valence-corrected chi connectivity index (χ2v) is 6.72. The summed E-state index contributed by atoms with van der Waals surface area (Å²) in [6.07, 6.45) is 2.25. The van der Waals surface area contributed by atoms with Crippen LogP contribution in [-0.2, 0) is 11.3 Å². The number of aliphatic hydroxyl groups excluding tert-OH is 1. The van der Waals surface area contributed by atoms with E-state index >= 15 is 0 Å². The number of nitrogens with zero attached hydrogens (tertiary/aromatic N) is 3. The fourth-order valence-electron chi connectivity index (χ4n) is 3.19. The quantitative estimate of drug-likeness (QED) is 0.781. The fourth-order valence-corrected chi connectivity index (χ4v) is 3.19. The minimum absolute atomic E-state index is 0.0185. The van der Waals surface area contributed by atoms with Crippen molar-refractivity contribution in [1.82, 2.24) is 19.8 Å². The van der Waals surface area contributed by atoms with Crippen molar-refractivity contribution in [2.24, 2.45) is 0 Å². The van der Waals surface area contributed by atoms with E-state index in [1.807, 2.05) is 37.5 Å². The lowest BCUT2D eigenvalue weighted by Gasteiger charge is -2.18. The van der Waals surface area contributed by atoms with Crippen LogP contribution in [0.25, 0.3) is 11.0 Å². The summed E-state index contributed by atoms with van der Waals surface area (Å²) in [5.41, 5.74) is 4.12. The summed E-state index contributed by atoms with van der Waals surface area (Å²) in [6.45, 7) is 6.28. The highest BCUT2D eigenvalue weighted by Gasteiger charge is 2.38. The first-order valence-corrected chi connectivity index (χ1v) is 8.62. The SMILES string of the molecule is CCC[C@H]1NC(=O)N(C[C@@H](O)Cn2cnc3cc(C)c(C)cc32)C1=O. The van der Waals surface area contributed by atoms with E-state index < -0.39 is 18.2 Å². The van der Waals surface area contributed by atoms with Crippen LogP contribution in [0.3, 0.4) is 0 Å². The first kappa shape index (κ1) is 17.4. The third kappa shape index (κ3) is 3.37. The van der Waals surface area contributed by atoms with Crippen LogP contribution in [0.1, 0.15) is 30.9 Å². The molecular formula is C18H24N4O3. The molecule has 2 aromatic rings. The van der Waals surface area contributed by atoms with Crippen molar-refractivity contribution in [1.29, 1.82) is 0 Å². The molecule has 2 heterocycles. The molecule has 134 valence electrons. The lowest BCUT2D eigenvalue weighted by atomic mass is 10.1. The molecule has 0 spiro atoms. The van der Waals surface area contributed by atoms with E-state index in [1.165, 1.54) is 5.56 Å². The van der Waals surface area contributed by atoms with Gasteiger partial charge in [-0.05, 0) is 43.5 Å². The standard InChI is InChI=1S/C18H24N4O3/c1-4-5-14-17(24)22(18(25)20-14)9-13(23)8-21-10-19-15-6-11(2)12(3)7-16(15)21/h6-7,10,13-14,23H,4-5,8-9H2,1-3H3,(H,20,25)/t13-,14+/m0/s1. The number of imidazole rings is 1. The number of β-amino-alcohol motifs (C(OH)–C–C–N with tert-alkyl or cyclic N) is 1. The number of imide groups is 1. The van der Waals surface area contributed by atoms with Gasteiger partial charge in [-0.2, -0.15) is 0 Å². The van der Waals surface area contributed by atoms with Crippen molar-refractivity contribution in [2.75, 3.05) is 6.54 Å². The van der Waals surface area contributed by atoms with Gasteiger partial charge >= 0.3 is 6.03 Å². The number of aryl methyl sites for hydroxylation is 2. The number of carbonyl (C=O) groups is 2. The Morgan fingerprint density at radius 1 is 1.24 bits per heavy atom. The van der Waals surface area contributed by atoms with Gasteiger partial charge in [-0.15, -0.1) is 0 Å². The maximum Gasteiger partial charge on any atom is 0.324 e. The lowest BCUT2D eigenvalue weighted by Crippen LogP contribution is -2.39. The summed E-state index contributed by atoms with van der Waals surface area (Å²) >= 11 is 0. The Morgan fingerprint density at radius 3 is 2.68 bits per heavy atom. The molecule has 0 saturated carbocycles. The summed E-state index contributed by atoms with van der Waals surface area (Å²) < 4.78 is 1.86. The number of hydrogen-bond acceptors (Lipinski definition) is 4. The van der Waals surface area contributed by atoms with Crippen LogP contribution < -0.4 is 5.32 Å². The minimum atomic E-state index is -0.853. The smallest absolute Gasteiger partial charge is 0.324 e. The average molecular weight is 344 g/mol. The number of aliphatic hydroxyl groups is 1. The topological polar surface area (TPSA) is 87.5 Å². The maximum atomic E-state index is 12.3. The van der Waals surface area contributed by atoms with Crippen LogP contribution in [0, 0.1) is 13.8 Å². The van der Waals surface area contributed by atoms with Gasteiger partial charge in [-0.3, -0.25) is 9.69 Å². The van der Waals surface area contributed by atoms with Gasteiger partial charge < -0.3 is 15.0 Å². The van der Waals surface area contributed by atoms with E-state index in [0.29, 0.717) is 6.42 Å². The maximum absolute atomic E-state index is 12.3. The van der Waals surface area contributed by atoms with Crippen LogP contribution in [0.15, 0.2) is 18.5 Å². The molecule has 0 unspecified atom stereocenters. The zero-order valence-corrected chi connectivity index (χ0v) is 14.8. The van der Waals surface area contributed by atoms with E-state index in [2.05, 4.69) is 10.3 Å². The molecule has 7 heteroatoms. The van der Waals surface area contributed by atoms with Gasteiger partial charge in [-0.25, -0.2) is 9.78 Å². The molecule has 2 atom stereocenters. The van der Waals surface area contributed by atoms with E-state index in [-0.39, 0.29) is 19.0 Å². The number of hydrogen-bond donors (Lipinski definition) is 2. The third-order valence-electron chi connectivity index (χ3n) is 4.72. The van der Waals surface area contributed by atoms with E-state index in [1.54, 1.807) is 6.33 Å². The number of carbonyl (C=O) groups excluding carboxylic acids is 2. The summed E-state index contributed by atoms with van der Waals surface area (Å²) in [5.74, 6) is -0.257. The molecule has 1 aliphatic heterocycles. The molecule has 7 nitrogen and oxygen atoms in total. The molecular weight excluding hydrogens is 320 g/mol. The predicted molar refractivity (Wildman–Crippen MR) is 94.2 cm³/mol. The molecule has 1 fully saturated rings. The zero-order chi connectivity index (χ0) is 18.1. The van der Waals surface area contributed by atoms with Gasteiger partial charge in [0.25, 0.3) is 5.91 Å².